The smallest absolute Gasteiger partial charge is 0.266 e. The third-order valence-electron chi connectivity index (χ3n) is 2.55. The van der Waals surface area contributed by atoms with Crippen LogP contribution in [0.25, 0.3) is 0 Å². The lowest BCUT2D eigenvalue weighted by atomic mass is 10.1. The monoisotopic (exact) mass is 282 g/mol. The summed E-state index contributed by atoms with van der Waals surface area (Å²) in [5.41, 5.74) is 0.774. The van der Waals surface area contributed by atoms with Gasteiger partial charge < -0.3 is 0 Å². The molecule has 1 aliphatic rings. The predicted octanol–water partition coefficient (Wildman–Crippen LogP) is 3.38. The van der Waals surface area contributed by atoms with Gasteiger partial charge in [-0.05, 0) is 18.4 Å². The molecule has 1 heterocycles. The second kappa shape index (κ2) is 6.03. The van der Waals surface area contributed by atoms with E-state index in [0.717, 1.165) is 18.4 Å². The minimum atomic E-state index is -0.373. The Kier molecular flexibility index (Phi) is 4.39. The Morgan fingerprint density at radius 3 is 2.94 bits per heavy atom. The Balaban J connectivity index is 2.09. The summed E-state index contributed by atoms with van der Waals surface area (Å²) in [6, 6.07) is 0. The number of halogens is 2. The largest absolute Gasteiger partial charge is 0.287 e. The fourth-order valence-electron chi connectivity index (χ4n) is 1.62. The summed E-state index contributed by atoms with van der Waals surface area (Å²) in [5, 5.41) is 4.11. The second-order valence-corrected chi connectivity index (χ2v) is 4.67. The second-order valence-electron chi connectivity index (χ2n) is 3.88. The van der Waals surface area contributed by atoms with Crippen LogP contribution in [0.1, 0.15) is 12.8 Å². The molecule has 0 spiro atoms. The van der Waals surface area contributed by atoms with Crippen molar-refractivity contribution in [1.82, 2.24) is 9.78 Å². The average molecular weight is 283 g/mol. The van der Waals surface area contributed by atoms with Crippen LogP contribution < -0.4 is 5.56 Å². The van der Waals surface area contributed by atoms with Crippen LogP contribution in [0, 0.1) is 0 Å². The highest BCUT2D eigenvalue weighted by atomic mass is 35.5. The Bertz CT molecular complexity index is 585. The van der Waals surface area contributed by atoms with Gasteiger partial charge in [0.2, 0.25) is 0 Å². The van der Waals surface area contributed by atoms with Gasteiger partial charge in [-0.25, -0.2) is 4.68 Å². The fourth-order valence-corrected chi connectivity index (χ4v) is 1.89. The molecule has 0 fully saturated rings. The molecule has 0 unspecified atom stereocenters. The van der Waals surface area contributed by atoms with E-state index in [1.54, 1.807) is 0 Å². The summed E-state index contributed by atoms with van der Waals surface area (Å²) in [6.45, 7) is 0.376. The van der Waals surface area contributed by atoms with Gasteiger partial charge >= 0.3 is 0 Å². The number of allylic oxidation sites excluding steroid dienone is 6. The molecule has 0 saturated heterocycles. The van der Waals surface area contributed by atoms with Crippen molar-refractivity contribution in [2.45, 2.75) is 19.4 Å². The minimum Gasteiger partial charge on any atom is -0.266 e. The fraction of sp³-hybridized carbons (Fsp3) is 0.231. The lowest BCUT2D eigenvalue weighted by Crippen LogP contribution is -2.22. The molecule has 1 aromatic rings. The van der Waals surface area contributed by atoms with Crippen LogP contribution in [0.4, 0.5) is 0 Å². The van der Waals surface area contributed by atoms with E-state index in [2.05, 4.69) is 23.3 Å². The summed E-state index contributed by atoms with van der Waals surface area (Å²) in [5.74, 6) is 0. The van der Waals surface area contributed by atoms with E-state index in [4.69, 9.17) is 23.2 Å². The maximum absolute atomic E-state index is 11.7. The number of nitrogens with zero attached hydrogens (tertiary/aromatic N) is 2. The molecule has 5 heteroatoms. The molecule has 0 aromatic carbocycles. The standard InChI is InChI=1S/C13H12Cl2N2O/c14-11-9-16-17(13(18)12(11)15)8-4-7-10-5-2-1-3-6-10/h2,4-7,9H,1,3,8H2. The summed E-state index contributed by atoms with van der Waals surface area (Å²) >= 11 is 11.5. The molecule has 0 amide bonds. The summed E-state index contributed by atoms with van der Waals surface area (Å²) < 4.78 is 1.28. The number of rotatable bonds is 3. The van der Waals surface area contributed by atoms with Gasteiger partial charge in [-0.3, -0.25) is 4.79 Å². The molecular weight excluding hydrogens is 271 g/mol. The SMILES string of the molecule is O=c1c(Cl)c(Cl)cnn1CC=CC1=CCCC=C1. The average Bonchev–Trinajstić information content (AvgIpc) is 2.40. The van der Waals surface area contributed by atoms with E-state index in [9.17, 15) is 4.79 Å². The molecule has 0 aliphatic heterocycles. The number of hydrogen-bond acceptors (Lipinski definition) is 2. The molecule has 0 bridgehead atoms. The zero-order chi connectivity index (χ0) is 13.0. The van der Waals surface area contributed by atoms with E-state index in [1.807, 2.05) is 12.2 Å². The van der Waals surface area contributed by atoms with Crippen LogP contribution in [-0.2, 0) is 6.54 Å². The van der Waals surface area contributed by atoms with Crippen molar-refractivity contribution in [1.29, 1.82) is 0 Å². The highest BCUT2D eigenvalue weighted by Crippen LogP contribution is 2.14. The van der Waals surface area contributed by atoms with Gasteiger partial charge in [-0.2, -0.15) is 5.10 Å². The first-order chi connectivity index (χ1) is 8.68. The highest BCUT2D eigenvalue weighted by Gasteiger charge is 2.05. The quantitative estimate of drug-likeness (QED) is 0.852. The molecule has 2 rings (SSSR count). The summed E-state index contributed by atoms with van der Waals surface area (Å²) in [4.78, 5) is 11.7. The topological polar surface area (TPSA) is 34.9 Å². The molecule has 1 aliphatic carbocycles. The predicted molar refractivity (Wildman–Crippen MR) is 74.1 cm³/mol. The minimum absolute atomic E-state index is 0.0110. The molecule has 3 nitrogen and oxygen atoms in total. The molecule has 0 saturated carbocycles. The Morgan fingerprint density at radius 1 is 1.39 bits per heavy atom. The maximum Gasteiger partial charge on any atom is 0.287 e. The van der Waals surface area contributed by atoms with E-state index < -0.39 is 0 Å². The van der Waals surface area contributed by atoms with Crippen LogP contribution in [0.15, 0.2) is 46.9 Å². The highest BCUT2D eigenvalue weighted by molar-refractivity contribution is 6.41. The van der Waals surface area contributed by atoms with Gasteiger partial charge in [-0.15, -0.1) is 0 Å². The van der Waals surface area contributed by atoms with Crippen molar-refractivity contribution in [3.8, 4) is 0 Å². The van der Waals surface area contributed by atoms with Crippen LogP contribution >= 0.6 is 23.2 Å². The maximum atomic E-state index is 11.7. The number of hydrogen-bond donors (Lipinski definition) is 0. The zero-order valence-electron chi connectivity index (χ0n) is 9.64. The first-order valence-electron chi connectivity index (χ1n) is 5.63. The Hall–Kier alpha value is -1.32. The van der Waals surface area contributed by atoms with Crippen LogP contribution in [0.5, 0.6) is 0 Å². The Morgan fingerprint density at radius 2 is 2.22 bits per heavy atom. The van der Waals surface area contributed by atoms with E-state index in [1.165, 1.54) is 10.9 Å². The first kappa shape index (κ1) is 13.1. The van der Waals surface area contributed by atoms with Gasteiger partial charge in [0, 0.05) is 0 Å². The summed E-state index contributed by atoms with van der Waals surface area (Å²) in [7, 11) is 0. The third-order valence-corrected chi connectivity index (χ3v) is 3.30. The number of aromatic nitrogens is 2. The van der Waals surface area contributed by atoms with E-state index in [-0.39, 0.29) is 15.6 Å². The summed E-state index contributed by atoms with van der Waals surface area (Å²) in [6.07, 6.45) is 13.7. The molecule has 0 radical (unpaired) electrons. The molecule has 0 N–H and O–H groups in total. The van der Waals surface area contributed by atoms with Crippen molar-refractivity contribution in [2.24, 2.45) is 0 Å². The van der Waals surface area contributed by atoms with E-state index in [0.29, 0.717) is 6.54 Å². The van der Waals surface area contributed by atoms with Crippen molar-refractivity contribution >= 4 is 23.2 Å². The molecule has 1 aromatic heterocycles. The van der Waals surface area contributed by atoms with Crippen LogP contribution in [0.2, 0.25) is 10.0 Å². The third kappa shape index (κ3) is 3.12. The van der Waals surface area contributed by atoms with Gasteiger partial charge in [0.15, 0.2) is 0 Å². The van der Waals surface area contributed by atoms with Gasteiger partial charge in [0.1, 0.15) is 5.02 Å². The van der Waals surface area contributed by atoms with Crippen molar-refractivity contribution < 1.29 is 0 Å². The van der Waals surface area contributed by atoms with Crippen LogP contribution in [-0.4, -0.2) is 9.78 Å². The van der Waals surface area contributed by atoms with Crippen molar-refractivity contribution in [3.63, 3.8) is 0 Å². The molecule has 0 atom stereocenters. The van der Waals surface area contributed by atoms with Gasteiger partial charge in [0.05, 0.1) is 17.8 Å². The molecular formula is C13H12Cl2N2O. The Labute approximate surface area is 115 Å². The lowest BCUT2D eigenvalue weighted by Gasteiger charge is -2.03. The van der Waals surface area contributed by atoms with Crippen molar-refractivity contribution in [2.75, 3.05) is 0 Å². The van der Waals surface area contributed by atoms with Gasteiger partial charge in [0.25, 0.3) is 5.56 Å². The molecule has 18 heavy (non-hydrogen) atoms. The van der Waals surface area contributed by atoms with E-state index >= 15 is 0 Å². The van der Waals surface area contributed by atoms with Gasteiger partial charge in [-0.1, -0.05) is 53.6 Å². The van der Waals surface area contributed by atoms with Crippen molar-refractivity contribution in [3.05, 3.63) is 62.5 Å². The normalized spacial score (nSPS) is 15.1. The first-order valence-corrected chi connectivity index (χ1v) is 6.38. The van der Waals surface area contributed by atoms with Crippen LogP contribution in [0.3, 0.4) is 0 Å². The zero-order valence-corrected chi connectivity index (χ0v) is 11.2. The molecule has 94 valence electrons. The lowest BCUT2D eigenvalue weighted by molar-refractivity contribution is 0.651.